The molecule has 1 fully saturated rings. The number of nitrogens with one attached hydrogen (secondary N) is 1. The van der Waals surface area contributed by atoms with E-state index in [9.17, 15) is 5.11 Å². The number of rotatable bonds is 8. The van der Waals surface area contributed by atoms with Crippen LogP contribution in [0.25, 0.3) is 0 Å². The first-order chi connectivity index (χ1) is 12.7. The molecule has 140 valence electrons. The molecule has 0 saturated carbocycles. The van der Waals surface area contributed by atoms with Gasteiger partial charge in [0.05, 0.1) is 0 Å². The summed E-state index contributed by atoms with van der Waals surface area (Å²) in [5.74, 6) is 0.342. The van der Waals surface area contributed by atoms with Gasteiger partial charge < -0.3 is 15.3 Å². The average Bonchev–Trinajstić information content (AvgIpc) is 2.65. The van der Waals surface area contributed by atoms with Gasteiger partial charge in [-0.25, -0.2) is 0 Å². The Morgan fingerprint density at radius 1 is 0.962 bits per heavy atom. The highest BCUT2D eigenvalue weighted by atomic mass is 16.3. The minimum absolute atomic E-state index is 0.342. The van der Waals surface area contributed by atoms with Gasteiger partial charge in [0.2, 0.25) is 0 Å². The molecule has 0 atom stereocenters. The molecular weight excluding hydrogens is 322 g/mol. The van der Waals surface area contributed by atoms with Crippen molar-refractivity contribution in [3.05, 3.63) is 59.7 Å². The van der Waals surface area contributed by atoms with Crippen LogP contribution in [0.2, 0.25) is 0 Å². The van der Waals surface area contributed by atoms with E-state index >= 15 is 0 Å². The van der Waals surface area contributed by atoms with Crippen LogP contribution in [-0.2, 0) is 6.54 Å². The molecule has 2 aromatic carbocycles. The predicted octanol–water partition coefficient (Wildman–Crippen LogP) is 3.39. The van der Waals surface area contributed by atoms with Crippen LogP contribution in [0, 0.1) is 6.92 Å². The van der Waals surface area contributed by atoms with Crippen LogP contribution in [0.15, 0.2) is 48.5 Å². The fourth-order valence-electron chi connectivity index (χ4n) is 3.54. The Kier molecular flexibility index (Phi) is 6.92. The van der Waals surface area contributed by atoms with Gasteiger partial charge in [0.1, 0.15) is 5.75 Å². The number of phenolic OH excluding ortho intramolecular Hbond substituents is 1. The van der Waals surface area contributed by atoms with Crippen molar-refractivity contribution < 1.29 is 5.11 Å². The molecule has 0 radical (unpaired) electrons. The number of piperazine rings is 1. The topological polar surface area (TPSA) is 38.7 Å². The molecule has 4 nitrogen and oxygen atoms in total. The molecule has 0 aromatic heterocycles. The Balaban J connectivity index is 1.27. The second-order valence-electron chi connectivity index (χ2n) is 7.22. The SMILES string of the molecule is Cc1cccc(N2CCN(CCCCNCc3cccc(O)c3)CC2)c1. The lowest BCUT2D eigenvalue weighted by atomic mass is 10.2. The van der Waals surface area contributed by atoms with Crippen molar-refractivity contribution >= 4 is 5.69 Å². The molecule has 0 unspecified atom stereocenters. The molecule has 1 aliphatic heterocycles. The number of phenols is 1. The summed E-state index contributed by atoms with van der Waals surface area (Å²) >= 11 is 0. The van der Waals surface area contributed by atoms with E-state index in [0.29, 0.717) is 5.75 Å². The van der Waals surface area contributed by atoms with Crippen molar-refractivity contribution in [3.8, 4) is 5.75 Å². The van der Waals surface area contributed by atoms with Gasteiger partial charge in [-0.15, -0.1) is 0 Å². The van der Waals surface area contributed by atoms with E-state index in [1.165, 1.54) is 30.6 Å². The summed E-state index contributed by atoms with van der Waals surface area (Å²) in [6.07, 6.45) is 2.42. The highest BCUT2D eigenvalue weighted by molar-refractivity contribution is 5.48. The van der Waals surface area contributed by atoms with Crippen molar-refractivity contribution in [1.82, 2.24) is 10.2 Å². The Bertz CT molecular complexity index is 681. The third-order valence-electron chi connectivity index (χ3n) is 5.06. The van der Waals surface area contributed by atoms with Gasteiger partial charge in [-0.1, -0.05) is 24.3 Å². The van der Waals surface area contributed by atoms with Crippen LogP contribution in [-0.4, -0.2) is 49.3 Å². The van der Waals surface area contributed by atoms with E-state index in [1.807, 2.05) is 18.2 Å². The van der Waals surface area contributed by atoms with Crippen molar-refractivity contribution in [1.29, 1.82) is 0 Å². The minimum atomic E-state index is 0.342. The number of hydrogen-bond acceptors (Lipinski definition) is 4. The summed E-state index contributed by atoms with van der Waals surface area (Å²) in [7, 11) is 0. The van der Waals surface area contributed by atoms with Crippen LogP contribution in [0.4, 0.5) is 5.69 Å². The number of nitrogens with zero attached hydrogens (tertiary/aromatic N) is 2. The Morgan fingerprint density at radius 2 is 1.77 bits per heavy atom. The van der Waals surface area contributed by atoms with Crippen molar-refractivity contribution in [3.63, 3.8) is 0 Å². The van der Waals surface area contributed by atoms with E-state index < -0.39 is 0 Å². The standard InChI is InChI=1S/C22H31N3O/c1-19-6-4-8-21(16-19)25-14-12-24(13-15-25)11-3-2-10-23-18-20-7-5-9-22(26)17-20/h4-9,16-17,23,26H,2-3,10-15,18H2,1H3. The van der Waals surface area contributed by atoms with Crippen molar-refractivity contribution in [2.45, 2.75) is 26.3 Å². The smallest absolute Gasteiger partial charge is 0.115 e. The highest BCUT2D eigenvalue weighted by Crippen LogP contribution is 2.18. The van der Waals surface area contributed by atoms with E-state index in [1.54, 1.807) is 6.07 Å². The molecule has 0 amide bonds. The number of hydrogen-bond donors (Lipinski definition) is 2. The predicted molar refractivity (Wildman–Crippen MR) is 109 cm³/mol. The van der Waals surface area contributed by atoms with Gasteiger partial charge >= 0.3 is 0 Å². The van der Waals surface area contributed by atoms with Crippen LogP contribution >= 0.6 is 0 Å². The van der Waals surface area contributed by atoms with Gasteiger partial charge in [0.25, 0.3) is 0 Å². The molecule has 1 aliphatic rings. The van der Waals surface area contributed by atoms with Crippen molar-refractivity contribution in [2.24, 2.45) is 0 Å². The van der Waals surface area contributed by atoms with Gasteiger partial charge in [-0.05, 0) is 68.2 Å². The maximum absolute atomic E-state index is 9.47. The second-order valence-corrected chi connectivity index (χ2v) is 7.22. The molecule has 2 N–H and O–H groups in total. The zero-order valence-corrected chi connectivity index (χ0v) is 15.8. The molecule has 3 rings (SSSR count). The summed E-state index contributed by atoms with van der Waals surface area (Å²) in [6, 6.07) is 16.3. The molecule has 26 heavy (non-hydrogen) atoms. The molecule has 2 aromatic rings. The van der Waals surface area contributed by atoms with E-state index in [0.717, 1.165) is 44.8 Å². The first-order valence-electron chi connectivity index (χ1n) is 9.73. The molecular formula is C22H31N3O. The van der Waals surface area contributed by atoms with Crippen LogP contribution in [0.1, 0.15) is 24.0 Å². The average molecular weight is 354 g/mol. The highest BCUT2D eigenvalue weighted by Gasteiger charge is 2.16. The van der Waals surface area contributed by atoms with Gasteiger partial charge in [-0.2, -0.15) is 0 Å². The first-order valence-corrected chi connectivity index (χ1v) is 9.73. The van der Waals surface area contributed by atoms with Crippen LogP contribution in [0.5, 0.6) is 5.75 Å². The van der Waals surface area contributed by atoms with Crippen LogP contribution in [0.3, 0.4) is 0 Å². The first kappa shape index (κ1) is 18.7. The van der Waals surface area contributed by atoms with Gasteiger partial charge in [-0.3, -0.25) is 4.90 Å². The zero-order chi connectivity index (χ0) is 18.2. The second kappa shape index (κ2) is 9.60. The maximum atomic E-state index is 9.47. The van der Waals surface area contributed by atoms with Gasteiger partial charge in [0, 0.05) is 38.4 Å². The van der Waals surface area contributed by atoms with Gasteiger partial charge in [0.15, 0.2) is 0 Å². The third-order valence-corrected chi connectivity index (χ3v) is 5.06. The lowest BCUT2D eigenvalue weighted by Gasteiger charge is -2.36. The number of benzene rings is 2. The molecule has 0 aliphatic carbocycles. The van der Waals surface area contributed by atoms with E-state index in [4.69, 9.17) is 0 Å². The summed E-state index contributed by atoms with van der Waals surface area (Å²) in [4.78, 5) is 5.09. The van der Waals surface area contributed by atoms with Crippen molar-refractivity contribution in [2.75, 3.05) is 44.2 Å². The van der Waals surface area contributed by atoms with E-state index in [-0.39, 0.29) is 0 Å². The Labute approximate surface area is 157 Å². The lowest BCUT2D eigenvalue weighted by molar-refractivity contribution is 0.252. The fourth-order valence-corrected chi connectivity index (χ4v) is 3.54. The number of aromatic hydroxyl groups is 1. The zero-order valence-electron chi connectivity index (χ0n) is 15.8. The monoisotopic (exact) mass is 353 g/mol. The Hall–Kier alpha value is -2.04. The fraction of sp³-hybridized carbons (Fsp3) is 0.455. The summed E-state index contributed by atoms with van der Waals surface area (Å²) in [6.45, 7) is 9.76. The molecule has 1 heterocycles. The minimum Gasteiger partial charge on any atom is -0.508 e. The normalized spacial score (nSPS) is 15.3. The van der Waals surface area contributed by atoms with E-state index in [2.05, 4.69) is 46.3 Å². The lowest BCUT2D eigenvalue weighted by Crippen LogP contribution is -2.46. The number of aryl methyl sites for hydroxylation is 1. The Morgan fingerprint density at radius 3 is 2.54 bits per heavy atom. The molecule has 4 heteroatoms. The van der Waals surface area contributed by atoms with Crippen LogP contribution < -0.4 is 10.2 Å². The summed E-state index contributed by atoms with van der Waals surface area (Å²) < 4.78 is 0. The summed E-state index contributed by atoms with van der Waals surface area (Å²) in [5.41, 5.74) is 3.83. The third kappa shape index (κ3) is 5.75. The largest absolute Gasteiger partial charge is 0.508 e. The maximum Gasteiger partial charge on any atom is 0.115 e. The molecule has 1 saturated heterocycles. The summed E-state index contributed by atoms with van der Waals surface area (Å²) in [5, 5.41) is 12.9. The molecule has 0 bridgehead atoms. The number of unbranched alkanes of at least 4 members (excludes halogenated alkanes) is 1. The quantitative estimate of drug-likeness (QED) is 0.714. The molecule has 0 spiro atoms. The number of anilines is 1.